The van der Waals surface area contributed by atoms with Crippen molar-refractivity contribution in [2.75, 3.05) is 29.9 Å². The third-order valence-electron chi connectivity index (χ3n) is 6.47. The van der Waals surface area contributed by atoms with E-state index < -0.39 is 40.3 Å². The van der Waals surface area contributed by atoms with Crippen LogP contribution in [-0.4, -0.2) is 51.3 Å². The molecule has 2 heterocycles. The topological polar surface area (TPSA) is 77.8 Å². The monoisotopic (exact) mass is 554 g/mol. The Kier molecular flexibility index (Phi) is 7.33. The van der Waals surface area contributed by atoms with E-state index in [9.17, 15) is 27.9 Å². The fraction of sp³-hybridized carbons (Fsp3) is 0.320. The third kappa shape index (κ3) is 5.02. The van der Waals surface area contributed by atoms with Crippen molar-refractivity contribution < 1.29 is 31.9 Å². The molecule has 1 unspecified atom stereocenters. The number of aromatic carboxylic acids is 1. The van der Waals surface area contributed by atoms with E-state index in [0.717, 1.165) is 24.4 Å². The molecule has 0 radical (unpaired) electrons. The molecule has 38 heavy (non-hydrogen) atoms. The number of fused-ring (bicyclic) bond motifs is 1. The molecule has 0 aliphatic carbocycles. The highest BCUT2D eigenvalue weighted by molar-refractivity contribution is 7.80. The standard InChI is InChI=1S/C25H23F5N4O3S/c1-3-32-12-17(23(36)37)22(35)16-10-18(26)21(19(27)20(16)32)33-8-9-34(13(2)11-33)24(38)31-15-6-4-14(5-7-15)25(28,29)30/h4-7,10,12-13H,3,8-9,11H2,1-2H3,(H,31,38)(H,36,37). The minimum atomic E-state index is -4.46. The lowest BCUT2D eigenvalue weighted by molar-refractivity contribution is -0.137. The van der Waals surface area contributed by atoms with Crippen LogP contribution in [0.3, 0.4) is 0 Å². The van der Waals surface area contributed by atoms with E-state index in [1.165, 1.54) is 21.6 Å². The number of nitrogens with zero attached hydrogens (tertiary/aromatic N) is 3. The quantitative estimate of drug-likeness (QED) is 0.350. The van der Waals surface area contributed by atoms with E-state index in [4.69, 9.17) is 12.2 Å². The first-order chi connectivity index (χ1) is 17.8. The van der Waals surface area contributed by atoms with Crippen LogP contribution in [0.4, 0.5) is 33.3 Å². The average Bonchev–Trinajstić information content (AvgIpc) is 2.84. The summed E-state index contributed by atoms with van der Waals surface area (Å²) in [4.78, 5) is 27.3. The second-order valence-electron chi connectivity index (χ2n) is 8.87. The Bertz CT molecular complexity index is 1470. The van der Waals surface area contributed by atoms with Gasteiger partial charge in [0.2, 0.25) is 5.43 Å². The number of anilines is 2. The van der Waals surface area contributed by atoms with Crippen LogP contribution in [0.2, 0.25) is 0 Å². The summed E-state index contributed by atoms with van der Waals surface area (Å²) in [7, 11) is 0. The number of carboxylic acid groups (broad SMARTS) is 1. The number of hydrogen-bond donors (Lipinski definition) is 2. The van der Waals surface area contributed by atoms with Crippen LogP contribution in [0.1, 0.15) is 29.8 Å². The second kappa shape index (κ2) is 10.2. The molecule has 0 bridgehead atoms. The molecule has 1 aliphatic rings. The number of carboxylic acids is 1. The van der Waals surface area contributed by atoms with Gasteiger partial charge >= 0.3 is 12.1 Å². The molecule has 1 atom stereocenters. The summed E-state index contributed by atoms with van der Waals surface area (Å²) >= 11 is 5.43. The number of nitrogens with one attached hydrogen (secondary N) is 1. The van der Waals surface area contributed by atoms with Crippen molar-refractivity contribution in [1.29, 1.82) is 0 Å². The van der Waals surface area contributed by atoms with E-state index >= 15 is 8.78 Å². The number of hydrogen-bond acceptors (Lipinski definition) is 4. The van der Waals surface area contributed by atoms with Crippen LogP contribution in [-0.2, 0) is 12.7 Å². The smallest absolute Gasteiger partial charge is 0.416 e. The number of aromatic nitrogens is 1. The van der Waals surface area contributed by atoms with Gasteiger partial charge in [0.15, 0.2) is 10.9 Å². The Morgan fingerprint density at radius 1 is 1.18 bits per heavy atom. The van der Waals surface area contributed by atoms with Crippen molar-refractivity contribution >= 4 is 45.6 Å². The van der Waals surface area contributed by atoms with E-state index in [1.54, 1.807) is 18.7 Å². The number of halogens is 5. The zero-order valence-corrected chi connectivity index (χ0v) is 21.1. The average molecular weight is 555 g/mol. The lowest BCUT2D eigenvalue weighted by Gasteiger charge is -2.42. The number of benzene rings is 2. The molecule has 0 spiro atoms. The summed E-state index contributed by atoms with van der Waals surface area (Å²) in [5, 5.41) is 12.1. The fourth-order valence-corrected chi connectivity index (χ4v) is 4.96. The van der Waals surface area contributed by atoms with Crippen molar-refractivity contribution in [3.05, 3.63) is 69.5 Å². The molecule has 4 rings (SSSR count). The highest BCUT2D eigenvalue weighted by Gasteiger charge is 2.32. The van der Waals surface area contributed by atoms with Gasteiger partial charge in [-0.1, -0.05) is 0 Å². The van der Waals surface area contributed by atoms with E-state index in [0.29, 0.717) is 5.69 Å². The van der Waals surface area contributed by atoms with E-state index in [-0.39, 0.29) is 53.9 Å². The molecule has 2 N–H and O–H groups in total. The lowest BCUT2D eigenvalue weighted by Crippen LogP contribution is -2.55. The molecular formula is C25H23F5N4O3S. The Morgan fingerprint density at radius 3 is 2.39 bits per heavy atom. The molecule has 7 nitrogen and oxygen atoms in total. The van der Waals surface area contributed by atoms with Gasteiger partial charge in [-0.2, -0.15) is 13.2 Å². The Labute approximate surface area is 219 Å². The maximum Gasteiger partial charge on any atom is 0.416 e. The second-order valence-corrected chi connectivity index (χ2v) is 9.26. The van der Waals surface area contributed by atoms with Gasteiger partial charge in [-0.15, -0.1) is 0 Å². The predicted octanol–water partition coefficient (Wildman–Crippen LogP) is 4.92. The number of carbonyl (C=O) groups is 1. The summed E-state index contributed by atoms with van der Waals surface area (Å²) in [5.74, 6) is -3.46. The number of thiocarbonyl (C=S) groups is 1. The number of rotatable bonds is 4. The zero-order chi connectivity index (χ0) is 27.9. The van der Waals surface area contributed by atoms with Crippen LogP contribution in [0.25, 0.3) is 10.9 Å². The number of pyridine rings is 1. The van der Waals surface area contributed by atoms with Crippen LogP contribution in [0, 0.1) is 11.6 Å². The predicted molar refractivity (Wildman–Crippen MR) is 137 cm³/mol. The van der Waals surface area contributed by atoms with Gasteiger partial charge in [0.05, 0.1) is 16.5 Å². The van der Waals surface area contributed by atoms with Crippen molar-refractivity contribution in [1.82, 2.24) is 9.47 Å². The lowest BCUT2D eigenvalue weighted by atomic mass is 10.1. The van der Waals surface area contributed by atoms with Crippen molar-refractivity contribution in [3.63, 3.8) is 0 Å². The normalized spacial score (nSPS) is 16.1. The SMILES string of the molecule is CCn1cc(C(=O)O)c(=O)c2cc(F)c(N3CCN(C(=S)Nc4ccc(C(F)(F)F)cc4)C(C)C3)c(F)c21. The number of aryl methyl sites for hydroxylation is 1. The first-order valence-corrected chi connectivity index (χ1v) is 12.0. The first-order valence-electron chi connectivity index (χ1n) is 11.6. The van der Waals surface area contributed by atoms with E-state index in [1.807, 2.05) is 0 Å². The number of alkyl halides is 3. The summed E-state index contributed by atoms with van der Waals surface area (Å²) in [5.41, 5.74) is -2.50. The molecular weight excluding hydrogens is 531 g/mol. The van der Waals surface area contributed by atoms with Gasteiger partial charge in [0.25, 0.3) is 0 Å². The van der Waals surface area contributed by atoms with Crippen LogP contribution in [0.15, 0.2) is 41.3 Å². The van der Waals surface area contributed by atoms with E-state index in [2.05, 4.69) is 5.32 Å². The van der Waals surface area contributed by atoms with Crippen molar-refractivity contribution in [3.8, 4) is 0 Å². The Morgan fingerprint density at radius 2 is 1.84 bits per heavy atom. The maximum absolute atomic E-state index is 15.7. The highest BCUT2D eigenvalue weighted by Crippen LogP contribution is 2.32. The summed E-state index contributed by atoms with van der Waals surface area (Å²) in [6, 6.07) is 4.93. The minimum absolute atomic E-state index is 0.146. The molecule has 1 saturated heterocycles. The van der Waals surface area contributed by atoms with Crippen LogP contribution >= 0.6 is 12.2 Å². The molecule has 0 amide bonds. The van der Waals surface area contributed by atoms with Gasteiger partial charge in [-0.25, -0.2) is 13.6 Å². The highest BCUT2D eigenvalue weighted by atomic mass is 32.1. The fourth-order valence-electron chi connectivity index (χ4n) is 4.57. The first kappa shape index (κ1) is 27.3. The van der Waals surface area contributed by atoms with Gasteiger partial charge in [-0.05, 0) is 56.4 Å². The van der Waals surface area contributed by atoms with Gasteiger partial charge in [0.1, 0.15) is 17.1 Å². The molecule has 1 aromatic heterocycles. The molecule has 1 fully saturated rings. The van der Waals surface area contributed by atoms with Crippen LogP contribution in [0.5, 0.6) is 0 Å². The van der Waals surface area contributed by atoms with Gasteiger partial charge in [-0.3, -0.25) is 4.79 Å². The summed E-state index contributed by atoms with van der Waals surface area (Å²) in [6.07, 6.45) is -3.41. The molecule has 0 saturated carbocycles. The van der Waals surface area contributed by atoms with Gasteiger partial charge in [0, 0.05) is 44.1 Å². The Hall–Kier alpha value is -3.74. The number of piperazine rings is 1. The molecule has 2 aromatic carbocycles. The Balaban J connectivity index is 1.58. The largest absolute Gasteiger partial charge is 0.477 e. The molecule has 3 aromatic rings. The zero-order valence-electron chi connectivity index (χ0n) is 20.3. The minimum Gasteiger partial charge on any atom is -0.477 e. The third-order valence-corrected chi connectivity index (χ3v) is 6.81. The molecule has 202 valence electrons. The van der Waals surface area contributed by atoms with Crippen LogP contribution < -0.4 is 15.6 Å². The maximum atomic E-state index is 15.7. The van der Waals surface area contributed by atoms with Crippen molar-refractivity contribution in [2.45, 2.75) is 32.6 Å². The molecule has 1 aliphatic heterocycles. The summed E-state index contributed by atoms with van der Waals surface area (Å²) in [6.45, 7) is 4.13. The van der Waals surface area contributed by atoms with Crippen molar-refractivity contribution in [2.24, 2.45) is 0 Å². The van der Waals surface area contributed by atoms with Gasteiger partial charge < -0.3 is 24.8 Å². The summed E-state index contributed by atoms with van der Waals surface area (Å²) < 4.78 is 70.6. The molecule has 13 heteroatoms.